The van der Waals surface area contributed by atoms with Gasteiger partial charge in [0.2, 0.25) is 5.91 Å². The molecule has 31 heavy (non-hydrogen) atoms. The summed E-state index contributed by atoms with van der Waals surface area (Å²) in [7, 11) is 1.83. The summed E-state index contributed by atoms with van der Waals surface area (Å²) in [4.78, 5) is 31.3. The van der Waals surface area contributed by atoms with Crippen molar-refractivity contribution in [1.82, 2.24) is 15.2 Å². The van der Waals surface area contributed by atoms with E-state index in [1.807, 2.05) is 49.5 Å². The summed E-state index contributed by atoms with van der Waals surface area (Å²) in [6.45, 7) is 2.64. The molecule has 1 aromatic heterocycles. The van der Waals surface area contributed by atoms with Crippen molar-refractivity contribution in [3.8, 4) is 0 Å². The molecule has 5 nitrogen and oxygen atoms in total. The Balaban J connectivity index is 1.70. The molecule has 0 bridgehead atoms. The third-order valence-corrected chi connectivity index (χ3v) is 5.69. The van der Waals surface area contributed by atoms with Gasteiger partial charge in [-0.1, -0.05) is 48.5 Å². The molecular weight excluding hydrogens is 386 g/mol. The van der Waals surface area contributed by atoms with E-state index in [4.69, 9.17) is 4.98 Å². The highest BCUT2D eigenvalue weighted by atomic mass is 16.2. The van der Waals surface area contributed by atoms with Crippen molar-refractivity contribution in [3.63, 3.8) is 0 Å². The number of para-hydroxylation sites is 1. The number of benzene rings is 2. The zero-order valence-electron chi connectivity index (χ0n) is 18.0. The summed E-state index contributed by atoms with van der Waals surface area (Å²) in [5.74, 6) is -0.0386. The average Bonchev–Trinajstić information content (AvgIpc) is 3.17. The molecule has 5 heteroatoms. The maximum absolute atomic E-state index is 13.5. The number of pyridine rings is 1. The number of amides is 2. The second-order valence-electron chi connectivity index (χ2n) is 7.97. The fraction of sp³-hybridized carbons (Fsp3) is 0.269. The summed E-state index contributed by atoms with van der Waals surface area (Å²) in [5.41, 5.74) is 5.91. The van der Waals surface area contributed by atoms with E-state index < -0.39 is 0 Å². The van der Waals surface area contributed by atoms with Gasteiger partial charge in [0.25, 0.3) is 5.91 Å². The molecule has 158 valence electrons. The predicted molar refractivity (Wildman–Crippen MR) is 125 cm³/mol. The van der Waals surface area contributed by atoms with Crippen LogP contribution >= 0.6 is 0 Å². The topological polar surface area (TPSA) is 62.3 Å². The van der Waals surface area contributed by atoms with Crippen LogP contribution in [0.2, 0.25) is 0 Å². The van der Waals surface area contributed by atoms with Crippen LogP contribution < -0.4 is 5.32 Å². The Morgan fingerprint density at radius 2 is 1.81 bits per heavy atom. The largest absolute Gasteiger partial charge is 0.356 e. The van der Waals surface area contributed by atoms with Crippen molar-refractivity contribution in [2.45, 2.75) is 26.2 Å². The second-order valence-corrected chi connectivity index (χ2v) is 7.97. The zero-order valence-corrected chi connectivity index (χ0v) is 18.0. The fourth-order valence-electron chi connectivity index (χ4n) is 4.15. The van der Waals surface area contributed by atoms with Gasteiger partial charge in [0, 0.05) is 32.4 Å². The molecule has 0 atom stereocenters. The van der Waals surface area contributed by atoms with Gasteiger partial charge in [-0.2, -0.15) is 0 Å². The van der Waals surface area contributed by atoms with Gasteiger partial charge in [0.1, 0.15) is 0 Å². The molecule has 1 aliphatic rings. The summed E-state index contributed by atoms with van der Waals surface area (Å²) >= 11 is 0. The molecule has 0 aliphatic heterocycles. The normalized spacial score (nSPS) is 13.9. The minimum atomic E-state index is -0.0512. The molecule has 1 N–H and O–H groups in total. The summed E-state index contributed by atoms with van der Waals surface area (Å²) < 4.78 is 0. The monoisotopic (exact) mass is 413 g/mol. The Bertz CT molecular complexity index is 1150. The number of aromatic nitrogens is 1. The van der Waals surface area contributed by atoms with E-state index in [-0.39, 0.29) is 11.8 Å². The van der Waals surface area contributed by atoms with Gasteiger partial charge >= 0.3 is 0 Å². The van der Waals surface area contributed by atoms with Crippen LogP contribution in [0.15, 0.2) is 54.6 Å². The lowest BCUT2D eigenvalue weighted by Gasteiger charge is -2.20. The highest BCUT2D eigenvalue weighted by Crippen LogP contribution is 2.37. The maximum atomic E-state index is 13.5. The number of rotatable bonds is 6. The zero-order chi connectivity index (χ0) is 21.8. The van der Waals surface area contributed by atoms with Crippen LogP contribution in [0, 0.1) is 0 Å². The molecule has 4 rings (SSSR count). The van der Waals surface area contributed by atoms with Gasteiger partial charge in [-0.25, -0.2) is 4.98 Å². The van der Waals surface area contributed by atoms with Gasteiger partial charge in [-0.05, 0) is 48.1 Å². The van der Waals surface area contributed by atoms with Crippen LogP contribution in [0.3, 0.4) is 0 Å². The summed E-state index contributed by atoms with van der Waals surface area (Å²) in [6.07, 6.45) is 4.58. The molecule has 2 aromatic carbocycles. The van der Waals surface area contributed by atoms with E-state index in [0.717, 1.165) is 46.1 Å². The van der Waals surface area contributed by atoms with Crippen molar-refractivity contribution < 1.29 is 9.59 Å². The van der Waals surface area contributed by atoms with Gasteiger partial charge in [-0.15, -0.1) is 0 Å². The quantitative estimate of drug-likeness (QED) is 0.612. The molecule has 0 saturated carbocycles. The highest BCUT2D eigenvalue weighted by molar-refractivity contribution is 6.09. The van der Waals surface area contributed by atoms with Crippen LogP contribution in [-0.4, -0.2) is 41.8 Å². The predicted octanol–water partition coefficient (Wildman–Crippen LogP) is 4.32. The van der Waals surface area contributed by atoms with Crippen LogP contribution in [0.5, 0.6) is 0 Å². The third-order valence-electron chi connectivity index (χ3n) is 5.69. The Morgan fingerprint density at radius 3 is 2.58 bits per heavy atom. The number of fused-ring (bicyclic) bond motifs is 2. The molecule has 0 fully saturated rings. The molecular formula is C26H27N3O2. The van der Waals surface area contributed by atoms with E-state index in [1.54, 1.807) is 4.90 Å². The molecule has 1 heterocycles. The average molecular weight is 414 g/mol. The number of carbonyl (C=O) groups is 2. The van der Waals surface area contributed by atoms with Crippen molar-refractivity contribution in [2.24, 2.45) is 0 Å². The van der Waals surface area contributed by atoms with E-state index in [0.29, 0.717) is 19.5 Å². The first-order valence-electron chi connectivity index (χ1n) is 10.7. The number of allylic oxidation sites excluding steroid dienone is 1. The fourth-order valence-corrected chi connectivity index (χ4v) is 4.15. The first-order chi connectivity index (χ1) is 15.0. The molecule has 0 saturated heterocycles. The van der Waals surface area contributed by atoms with Crippen LogP contribution in [0.1, 0.15) is 46.9 Å². The Hall–Kier alpha value is -3.47. The second kappa shape index (κ2) is 9.13. The number of carbonyl (C=O) groups excluding carboxylic acids is 2. The molecule has 3 aromatic rings. The number of hydrogen-bond donors (Lipinski definition) is 1. The minimum Gasteiger partial charge on any atom is -0.356 e. The first-order valence-corrected chi connectivity index (χ1v) is 10.7. The molecule has 0 spiro atoms. The Kier molecular flexibility index (Phi) is 6.12. The smallest absolute Gasteiger partial charge is 0.254 e. The number of nitrogens with zero attached hydrogens (tertiary/aromatic N) is 2. The van der Waals surface area contributed by atoms with E-state index in [1.165, 1.54) is 12.5 Å². The third kappa shape index (κ3) is 4.50. The van der Waals surface area contributed by atoms with Crippen molar-refractivity contribution >= 4 is 34.4 Å². The minimum absolute atomic E-state index is 0.0126. The Morgan fingerprint density at radius 1 is 1.06 bits per heavy atom. The lowest BCUT2D eigenvalue weighted by molar-refractivity contribution is -0.118. The Labute approximate surface area is 182 Å². The van der Waals surface area contributed by atoms with Gasteiger partial charge in [0.05, 0.1) is 16.8 Å². The molecule has 0 unspecified atom stereocenters. The highest BCUT2D eigenvalue weighted by Gasteiger charge is 2.28. The van der Waals surface area contributed by atoms with Gasteiger partial charge < -0.3 is 10.2 Å². The van der Waals surface area contributed by atoms with E-state index >= 15 is 0 Å². The van der Waals surface area contributed by atoms with Crippen molar-refractivity contribution in [2.75, 3.05) is 20.1 Å². The number of nitrogens with one attached hydrogen (secondary N) is 1. The van der Waals surface area contributed by atoms with Crippen molar-refractivity contribution in [1.29, 1.82) is 0 Å². The van der Waals surface area contributed by atoms with E-state index in [9.17, 15) is 9.59 Å². The first kappa shape index (κ1) is 20.8. The van der Waals surface area contributed by atoms with Crippen LogP contribution in [-0.2, 0) is 11.2 Å². The lowest BCUT2D eigenvalue weighted by Crippen LogP contribution is -2.31. The SMILES string of the molecule is CC(=O)NCCCN(C)C(=O)c1c2c(nc3ccccc13)/C(=C\c1ccccc1)CC2. The van der Waals surface area contributed by atoms with Crippen molar-refractivity contribution in [3.05, 3.63) is 77.0 Å². The lowest BCUT2D eigenvalue weighted by atomic mass is 9.99. The standard InChI is InChI=1S/C26H27N3O2/c1-18(30)27-15-8-16-29(2)26(31)24-21-11-6-7-12-23(21)28-25-20(13-14-22(24)25)17-19-9-4-3-5-10-19/h3-7,9-12,17H,8,13-16H2,1-2H3,(H,27,30)/b20-17-. The van der Waals surface area contributed by atoms with Crippen LogP contribution in [0.25, 0.3) is 22.6 Å². The van der Waals surface area contributed by atoms with Gasteiger partial charge in [-0.3, -0.25) is 9.59 Å². The molecule has 2 amide bonds. The number of hydrogen-bond acceptors (Lipinski definition) is 3. The van der Waals surface area contributed by atoms with Crippen LogP contribution in [0.4, 0.5) is 0 Å². The molecule has 0 radical (unpaired) electrons. The van der Waals surface area contributed by atoms with E-state index in [2.05, 4.69) is 23.5 Å². The maximum Gasteiger partial charge on any atom is 0.254 e. The molecule has 1 aliphatic carbocycles. The summed E-state index contributed by atoms with van der Waals surface area (Å²) in [5, 5.41) is 3.69. The summed E-state index contributed by atoms with van der Waals surface area (Å²) in [6, 6.07) is 18.1. The van der Waals surface area contributed by atoms with Gasteiger partial charge in [0.15, 0.2) is 0 Å².